The Morgan fingerprint density at radius 2 is 1.85 bits per heavy atom. The van der Waals surface area contributed by atoms with E-state index in [1.165, 1.54) is 0 Å². The number of carboxylic acids is 1. The Bertz CT molecular complexity index is 182. The molecule has 0 aliphatic heterocycles. The summed E-state index contributed by atoms with van der Waals surface area (Å²) in [6.07, 6.45) is 1.44. The molecule has 0 rings (SSSR count). The van der Waals surface area contributed by atoms with E-state index in [2.05, 4.69) is 0 Å². The summed E-state index contributed by atoms with van der Waals surface area (Å²) in [7, 11) is -1.98. The summed E-state index contributed by atoms with van der Waals surface area (Å²) in [5.41, 5.74) is -0.653. The van der Waals surface area contributed by atoms with Crippen LogP contribution < -0.4 is 0 Å². The molecule has 0 aromatic rings. The lowest BCUT2D eigenvalue weighted by Gasteiger charge is -2.20. The van der Waals surface area contributed by atoms with Gasteiger partial charge in [0.25, 0.3) is 0 Å². The number of hydrogen-bond donors (Lipinski definition) is 2. The highest BCUT2D eigenvalue weighted by atomic mass is 28.4. The standard InChI is InChI=1S/C9H20O3Si/c1-9(2,8(10)11)6-5-7-13(3,4)12/h12H,5-7H2,1-4H3,(H,10,11). The number of rotatable bonds is 5. The van der Waals surface area contributed by atoms with E-state index in [4.69, 9.17) is 5.11 Å². The molecule has 0 bridgehead atoms. The zero-order valence-corrected chi connectivity index (χ0v) is 9.92. The molecule has 3 nitrogen and oxygen atoms in total. The molecule has 0 saturated heterocycles. The zero-order chi connectivity index (χ0) is 10.7. The summed E-state index contributed by atoms with van der Waals surface area (Å²) < 4.78 is 0. The van der Waals surface area contributed by atoms with Crippen molar-refractivity contribution >= 4 is 14.3 Å². The third-order valence-corrected chi connectivity index (χ3v) is 3.75. The summed E-state index contributed by atoms with van der Waals surface area (Å²) in [6.45, 7) is 7.20. The first-order valence-corrected chi connectivity index (χ1v) is 7.76. The van der Waals surface area contributed by atoms with Gasteiger partial charge in [-0.25, -0.2) is 0 Å². The largest absolute Gasteiger partial charge is 0.481 e. The molecule has 0 radical (unpaired) electrons. The van der Waals surface area contributed by atoms with Crippen LogP contribution in [0.1, 0.15) is 26.7 Å². The van der Waals surface area contributed by atoms with Gasteiger partial charge in [-0.05, 0) is 39.4 Å². The third-order valence-electron chi connectivity index (χ3n) is 2.17. The second-order valence-corrected chi connectivity index (χ2v) is 8.98. The monoisotopic (exact) mass is 204 g/mol. The van der Waals surface area contributed by atoms with Gasteiger partial charge in [0.2, 0.25) is 0 Å². The number of hydrogen-bond acceptors (Lipinski definition) is 2. The first kappa shape index (κ1) is 12.6. The van der Waals surface area contributed by atoms with Gasteiger partial charge in [0.05, 0.1) is 5.41 Å². The van der Waals surface area contributed by atoms with Gasteiger partial charge in [-0.3, -0.25) is 4.79 Å². The van der Waals surface area contributed by atoms with E-state index in [9.17, 15) is 9.59 Å². The molecular formula is C9H20O3Si. The van der Waals surface area contributed by atoms with Crippen LogP contribution in [0.15, 0.2) is 0 Å². The Kier molecular flexibility index (Phi) is 4.12. The van der Waals surface area contributed by atoms with Crippen molar-refractivity contribution in [3.05, 3.63) is 0 Å². The van der Waals surface area contributed by atoms with E-state index in [0.717, 1.165) is 12.5 Å². The van der Waals surface area contributed by atoms with E-state index < -0.39 is 19.7 Å². The highest BCUT2D eigenvalue weighted by molar-refractivity contribution is 6.69. The molecule has 0 aromatic heterocycles. The maximum absolute atomic E-state index is 10.7. The molecule has 0 heterocycles. The van der Waals surface area contributed by atoms with Gasteiger partial charge < -0.3 is 9.90 Å². The molecule has 2 N–H and O–H groups in total. The highest BCUT2D eigenvalue weighted by Crippen LogP contribution is 2.25. The molecular weight excluding hydrogens is 184 g/mol. The van der Waals surface area contributed by atoms with Crippen LogP contribution in [0.3, 0.4) is 0 Å². The molecule has 0 saturated carbocycles. The molecule has 0 atom stereocenters. The topological polar surface area (TPSA) is 57.5 Å². The van der Waals surface area contributed by atoms with Gasteiger partial charge in [0.15, 0.2) is 8.32 Å². The zero-order valence-electron chi connectivity index (χ0n) is 8.92. The number of carbonyl (C=O) groups is 1. The van der Waals surface area contributed by atoms with E-state index in [-0.39, 0.29) is 0 Å². The molecule has 0 aromatic carbocycles. The van der Waals surface area contributed by atoms with Crippen LogP contribution in [0.2, 0.25) is 19.1 Å². The smallest absolute Gasteiger partial charge is 0.309 e. The fourth-order valence-electron chi connectivity index (χ4n) is 1.07. The molecule has 0 spiro atoms. The normalized spacial score (nSPS) is 13.0. The molecule has 0 aliphatic rings. The molecule has 0 unspecified atom stereocenters. The van der Waals surface area contributed by atoms with Crippen molar-refractivity contribution in [2.45, 2.75) is 45.8 Å². The van der Waals surface area contributed by atoms with E-state index >= 15 is 0 Å². The summed E-state index contributed by atoms with van der Waals surface area (Å²) >= 11 is 0. The average molecular weight is 204 g/mol. The summed E-state index contributed by atoms with van der Waals surface area (Å²) in [5, 5.41) is 8.82. The van der Waals surface area contributed by atoms with E-state index in [0.29, 0.717) is 6.42 Å². The van der Waals surface area contributed by atoms with Crippen LogP contribution in [-0.2, 0) is 4.79 Å². The van der Waals surface area contributed by atoms with E-state index in [1.807, 2.05) is 13.1 Å². The highest BCUT2D eigenvalue weighted by Gasteiger charge is 2.27. The lowest BCUT2D eigenvalue weighted by Crippen LogP contribution is -2.27. The van der Waals surface area contributed by atoms with Crippen molar-refractivity contribution in [3.63, 3.8) is 0 Å². The van der Waals surface area contributed by atoms with Crippen molar-refractivity contribution < 1.29 is 14.7 Å². The third kappa shape index (κ3) is 5.82. The number of carboxylic acid groups (broad SMARTS) is 1. The Balaban J connectivity index is 3.84. The lowest BCUT2D eigenvalue weighted by molar-refractivity contribution is -0.147. The Labute approximate surface area is 80.9 Å². The lowest BCUT2D eigenvalue weighted by atomic mass is 9.88. The van der Waals surface area contributed by atoms with Crippen molar-refractivity contribution in [2.24, 2.45) is 5.41 Å². The van der Waals surface area contributed by atoms with Gasteiger partial charge in [-0.1, -0.05) is 6.42 Å². The predicted molar refractivity (Wildman–Crippen MR) is 55.2 cm³/mol. The van der Waals surface area contributed by atoms with Gasteiger partial charge in [0.1, 0.15) is 0 Å². The molecule has 0 fully saturated rings. The minimum atomic E-state index is -1.98. The SMILES string of the molecule is CC(C)(CCC[Si](C)(C)O)C(=O)O. The molecule has 4 heteroatoms. The molecule has 0 aliphatic carbocycles. The first-order chi connectivity index (χ1) is 5.65. The maximum Gasteiger partial charge on any atom is 0.309 e. The Morgan fingerprint density at radius 3 is 2.15 bits per heavy atom. The molecule has 0 amide bonds. The van der Waals surface area contributed by atoms with Gasteiger partial charge in [0, 0.05) is 0 Å². The molecule has 78 valence electrons. The minimum Gasteiger partial charge on any atom is -0.481 e. The fourth-order valence-corrected chi connectivity index (χ4v) is 2.11. The number of aliphatic carboxylic acids is 1. The average Bonchev–Trinajstić information content (AvgIpc) is 1.82. The van der Waals surface area contributed by atoms with Crippen LogP contribution in [0.25, 0.3) is 0 Å². The van der Waals surface area contributed by atoms with Gasteiger partial charge in [-0.15, -0.1) is 0 Å². The second kappa shape index (κ2) is 4.24. The van der Waals surface area contributed by atoms with Crippen LogP contribution >= 0.6 is 0 Å². The quantitative estimate of drug-likeness (QED) is 0.674. The van der Waals surface area contributed by atoms with Gasteiger partial charge in [-0.2, -0.15) is 0 Å². The van der Waals surface area contributed by atoms with Crippen molar-refractivity contribution in [3.8, 4) is 0 Å². The minimum absolute atomic E-state index is 0.638. The molecule has 13 heavy (non-hydrogen) atoms. The summed E-state index contributed by atoms with van der Waals surface area (Å²) in [4.78, 5) is 20.3. The van der Waals surface area contributed by atoms with Crippen molar-refractivity contribution in [1.29, 1.82) is 0 Å². The van der Waals surface area contributed by atoms with Crippen LogP contribution in [0, 0.1) is 5.41 Å². The van der Waals surface area contributed by atoms with Crippen LogP contribution in [0.5, 0.6) is 0 Å². The van der Waals surface area contributed by atoms with E-state index in [1.54, 1.807) is 13.8 Å². The summed E-state index contributed by atoms with van der Waals surface area (Å²) in [5.74, 6) is -0.759. The maximum atomic E-state index is 10.7. The summed E-state index contributed by atoms with van der Waals surface area (Å²) in [6, 6.07) is 0.781. The predicted octanol–water partition coefficient (Wildman–Crippen LogP) is 2.07. The van der Waals surface area contributed by atoms with Crippen molar-refractivity contribution in [1.82, 2.24) is 0 Å². The first-order valence-electron chi connectivity index (χ1n) is 4.61. The Hall–Kier alpha value is -0.353. The van der Waals surface area contributed by atoms with Crippen LogP contribution in [-0.4, -0.2) is 24.2 Å². The van der Waals surface area contributed by atoms with Gasteiger partial charge >= 0.3 is 5.97 Å². The van der Waals surface area contributed by atoms with Crippen molar-refractivity contribution in [2.75, 3.05) is 0 Å². The second-order valence-electron chi connectivity index (χ2n) is 4.86. The fraction of sp³-hybridized carbons (Fsp3) is 0.889. The Morgan fingerprint density at radius 1 is 1.38 bits per heavy atom. The van der Waals surface area contributed by atoms with Crippen LogP contribution in [0.4, 0.5) is 0 Å².